The molecule has 0 unspecified atom stereocenters. The Morgan fingerprint density at radius 3 is 1.26 bits per heavy atom. The van der Waals surface area contributed by atoms with Gasteiger partial charge in [-0.1, -0.05) is 113 Å². The van der Waals surface area contributed by atoms with E-state index in [1.165, 1.54) is 88.2 Å². The van der Waals surface area contributed by atoms with Gasteiger partial charge in [0.15, 0.2) is 0 Å². The Hall–Kier alpha value is -3.76. The predicted molar refractivity (Wildman–Crippen MR) is 201 cm³/mol. The standard InChI is InChI=1S/C40H62N8O2/c1-3-5-25-41-29-35-17-21-39(22-18-35)49-33-37-31-47(45-43-37)27-15-13-11-9-7-8-10-12-14-16-28-48-32-38(44-46-48)34-50-40-23-19-36(20-24-40)30-42-26-6-4-2/h17-24,31-32,41-42H,3-16,25-30,33-34H2,1-2H3. The molecule has 2 aromatic carbocycles. The van der Waals surface area contributed by atoms with Gasteiger partial charge in [0.25, 0.3) is 0 Å². The number of hydrogen-bond donors (Lipinski definition) is 2. The van der Waals surface area contributed by atoms with Gasteiger partial charge >= 0.3 is 0 Å². The molecular formula is C40H62N8O2. The maximum Gasteiger partial charge on any atom is 0.134 e. The summed E-state index contributed by atoms with van der Waals surface area (Å²) < 4.78 is 15.7. The highest BCUT2D eigenvalue weighted by atomic mass is 16.5. The number of benzene rings is 2. The summed E-state index contributed by atoms with van der Waals surface area (Å²) in [6.45, 7) is 11.1. The van der Waals surface area contributed by atoms with Crippen molar-refractivity contribution in [2.45, 2.75) is 143 Å². The van der Waals surface area contributed by atoms with E-state index in [0.29, 0.717) is 13.2 Å². The fraction of sp³-hybridized carbons (Fsp3) is 0.600. The minimum atomic E-state index is 0.443. The first-order valence-electron chi connectivity index (χ1n) is 19.3. The molecule has 4 aromatic rings. The first kappa shape index (κ1) is 39.0. The molecule has 0 aliphatic rings. The van der Waals surface area contributed by atoms with Gasteiger partial charge in [-0.15, -0.1) is 10.2 Å². The fourth-order valence-electron chi connectivity index (χ4n) is 5.78. The minimum absolute atomic E-state index is 0.443. The van der Waals surface area contributed by atoms with Crippen molar-refractivity contribution in [2.24, 2.45) is 0 Å². The number of ether oxygens (including phenoxy) is 2. The average molecular weight is 687 g/mol. The molecule has 0 aliphatic heterocycles. The Morgan fingerprint density at radius 1 is 0.500 bits per heavy atom. The molecule has 2 N–H and O–H groups in total. The molecule has 0 bridgehead atoms. The summed E-state index contributed by atoms with van der Waals surface area (Å²) >= 11 is 0. The van der Waals surface area contributed by atoms with E-state index in [1.54, 1.807) is 0 Å². The van der Waals surface area contributed by atoms with Crippen molar-refractivity contribution >= 4 is 0 Å². The van der Waals surface area contributed by atoms with Crippen molar-refractivity contribution in [3.8, 4) is 11.5 Å². The van der Waals surface area contributed by atoms with Crippen LogP contribution in [0.15, 0.2) is 60.9 Å². The molecule has 50 heavy (non-hydrogen) atoms. The number of aryl methyl sites for hydroxylation is 2. The number of hydrogen-bond acceptors (Lipinski definition) is 8. The van der Waals surface area contributed by atoms with Crippen LogP contribution in [0, 0.1) is 0 Å². The van der Waals surface area contributed by atoms with E-state index in [2.05, 4.69) is 69.4 Å². The maximum absolute atomic E-state index is 5.92. The molecule has 2 heterocycles. The van der Waals surface area contributed by atoms with Gasteiger partial charge in [-0.25, -0.2) is 0 Å². The van der Waals surface area contributed by atoms with Gasteiger partial charge in [0.1, 0.15) is 36.1 Å². The van der Waals surface area contributed by atoms with Crippen LogP contribution in [0.25, 0.3) is 0 Å². The zero-order valence-electron chi connectivity index (χ0n) is 30.8. The summed E-state index contributed by atoms with van der Waals surface area (Å²) in [4.78, 5) is 0. The summed E-state index contributed by atoms with van der Waals surface area (Å²) in [7, 11) is 0. The molecule has 0 amide bonds. The Kier molecular flexibility index (Phi) is 19.0. The third-order valence-electron chi connectivity index (χ3n) is 8.89. The smallest absolute Gasteiger partial charge is 0.134 e. The number of nitrogens with zero attached hydrogens (tertiary/aromatic N) is 6. The molecule has 0 saturated carbocycles. The van der Waals surface area contributed by atoms with Crippen molar-refractivity contribution in [1.29, 1.82) is 0 Å². The molecule has 10 nitrogen and oxygen atoms in total. The normalized spacial score (nSPS) is 11.3. The van der Waals surface area contributed by atoms with Crippen LogP contribution in [-0.2, 0) is 39.4 Å². The van der Waals surface area contributed by atoms with E-state index >= 15 is 0 Å². The topological polar surface area (TPSA) is 104 Å². The van der Waals surface area contributed by atoms with E-state index in [9.17, 15) is 0 Å². The second-order valence-corrected chi connectivity index (χ2v) is 13.4. The Morgan fingerprint density at radius 2 is 0.880 bits per heavy atom. The molecular weight excluding hydrogens is 624 g/mol. The highest BCUT2D eigenvalue weighted by Crippen LogP contribution is 2.16. The third-order valence-corrected chi connectivity index (χ3v) is 8.89. The molecule has 4 rings (SSSR count). The summed E-state index contributed by atoms with van der Waals surface area (Å²) in [5, 5.41) is 24.1. The van der Waals surface area contributed by atoms with Crippen molar-refractivity contribution in [3.05, 3.63) is 83.4 Å². The largest absolute Gasteiger partial charge is 0.487 e. The van der Waals surface area contributed by atoms with Crippen molar-refractivity contribution in [1.82, 2.24) is 40.6 Å². The predicted octanol–water partition coefficient (Wildman–Crippen LogP) is 8.41. The van der Waals surface area contributed by atoms with Crippen molar-refractivity contribution in [3.63, 3.8) is 0 Å². The lowest BCUT2D eigenvalue weighted by atomic mass is 10.1. The number of rotatable bonds is 29. The maximum atomic E-state index is 5.92. The van der Waals surface area contributed by atoms with Gasteiger partial charge in [-0.2, -0.15) is 0 Å². The molecule has 0 fully saturated rings. The number of aromatic nitrogens is 6. The third kappa shape index (κ3) is 16.3. The highest BCUT2D eigenvalue weighted by molar-refractivity contribution is 5.28. The first-order chi connectivity index (χ1) is 24.7. The molecule has 0 spiro atoms. The summed E-state index contributed by atoms with van der Waals surface area (Å²) in [5.41, 5.74) is 4.29. The van der Waals surface area contributed by atoms with E-state index in [-0.39, 0.29) is 0 Å². The fourth-order valence-corrected chi connectivity index (χ4v) is 5.78. The SMILES string of the molecule is CCCCNCc1ccc(OCc2cn(CCCCCCCCCCCCn3cc(COc4ccc(CNCCCC)cc4)nn3)nn2)cc1. The zero-order valence-corrected chi connectivity index (χ0v) is 30.8. The molecule has 0 saturated heterocycles. The highest BCUT2D eigenvalue weighted by Gasteiger charge is 2.05. The monoisotopic (exact) mass is 686 g/mol. The summed E-state index contributed by atoms with van der Waals surface area (Å²) in [6, 6.07) is 16.6. The van der Waals surface area contributed by atoms with Crippen LogP contribution >= 0.6 is 0 Å². The van der Waals surface area contributed by atoms with E-state index in [0.717, 1.165) is 75.0 Å². The average Bonchev–Trinajstić information content (AvgIpc) is 3.81. The van der Waals surface area contributed by atoms with Gasteiger partial charge < -0.3 is 20.1 Å². The number of nitrogens with one attached hydrogen (secondary N) is 2. The van der Waals surface area contributed by atoms with Gasteiger partial charge in [0.05, 0.1) is 12.4 Å². The van der Waals surface area contributed by atoms with E-state index in [4.69, 9.17) is 9.47 Å². The van der Waals surface area contributed by atoms with Crippen LogP contribution in [0.1, 0.15) is 126 Å². The zero-order chi connectivity index (χ0) is 34.9. The van der Waals surface area contributed by atoms with Gasteiger partial charge in [-0.3, -0.25) is 9.36 Å². The lowest BCUT2D eigenvalue weighted by molar-refractivity contribution is 0.301. The molecule has 0 aliphatic carbocycles. The van der Waals surface area contributed by atoms with Crippen LogP contribution in [0.4, 0.5) is 0 Å². The van der Waals surface area contributed by atoms with E-state index in [1.807, 2.05) is 46.0 Å². The Balaban J connectivity index is 0.935. The van der Waals surface area contributed by atoms with Crippen LogP contribution < -0.4 is 20.1 Å². The van der Waals surface area contributed by atoms with Gasteiger partial charge in [0.2, 0.25) is 0 Å². The lowest BCUT2D eigenvalue weighted by Crippen LogP contribution is -2.14. The number of unbranched alkanes of at least 4 members (excludes halogenated alkanes) is 11. The van der Waals surface area contributed by atoms with Gasteiger partial charge in [0, 0.05) is 26.2 Å². The van der Waals surface area contributed by atoms with Crippen molar-refractivity contribution < 1.29 is 9.47 Å². The second-order valence-electron chi connectivity index (χ2n) is 13.4. The van der Waals surface area contributed by atoms with Crippen LogP contribution in [0.3, 0.4) is 0 Å². The minimum Gasteiger partial charge on any atom is -0.487 e. The lowest BCUT2D eigenvalue weighted by Gasteiger charge is -2.07. The van der Waals surface area contributed by atoms with E-state index < -0.39 is 0 Å². The first-order valence-corrected chi connectivity index (χ1v) is 19.3. The van der Waals surface area contributed by atoms with Crippen LogP contribution in [0.2, 0.25) is 0 Å². The molecule has 274 valence electrons. The summed E-state index contributed by atoms with van der Waals surface area (Å²) in [5.74, 6) is 1.73. The quantitative estimate of drug-likeness (QED) is 0.0549. The van der Waals surface area contributed by atoms with Crippen molar-refractivity contribution in [2.75, 3.05) is 13.1 Å². The molecule has 10 heteroatoms. The van der Waals surface area contributed by atoms with Crippen LogP contribution in [0.5, 0.6) is 11.5 Å². The van der Waals surface area contributed by atoms with Gasteiger partial charge in [-0.05, 0) is 74.2 Å². The summed E-state index contributed by atoms with van der Waals surface area (Å²) in [6.07, 6.45) is 21.5. The Bertz CT molecular complexity index is 1300. The molecule has 0 radical (unpaired) electrons. The molecule has 2 aromatic heterocycles. The second kappa shape index (κ2) is 24.4. The van der Waals surface area contributed by atoms with Crippen LogP contribution in [-0.4, -0.2) is 43.1 Å². The molecule has 0 atom stereocenters. The Labute approximate surface area is 300 Å².